The molecule has 1 heterocycles. The van der Waals surface area contributed by atoms with Crippen LogP contribution in [0.15, 0.2) is 0 Å². The highest BCUT2D eigenvalue weighted by atomic mass is 16.5. The lowest BCUT2D eigenvalue weighted by Gasteiger charge is -2.24. The summed E-state index contributed by atoms with van der Waals surface area (Å²) in [5.74, 6) is 0.375. The van der Waals surface area contributed by atoms with E-state index in [1.807, 2.05) is 0 Å². The average molecular weight is 186 g/mol. The molecule has 0 aromatic carbocycles. The minimum Gasteiger partial charge on any atom is -0.390 e. The molecule has 4 atom stereocenters. The van der Waals surface area contributed by atoms with E-state index in [1.54, 1.807) is 0 Å². The molecule has 1 aliphatic rings. The van der Waals surface area contributed by atoms with Gasteiger partial charge in [-0.05, 0) is 32.1 Å². The largest absolute Gasteiger partial charge is 0.390 e. The van der Waals surface area contributed by atoms with Crippen molar-refractivity contribution in [1.29, 1.82) is 0 Å². The van der Waals surface area contributed by atoms with Crippen LogP contribution in [-0.2, 0) is 4.74 Å². The Bertz CT molecular complexity index is 147. The maximum atomic E-state index is 9.94. The number of aliphatic hydroxyl groups is 1. The van der Waals surface area contributed by atoms with Gasteiger partial charge in [0.15, 0.2) is 0 Å². The normalized spacial score (nSPS) is 33.2. The minimum absolute atomic E-state index is 0.0940. The molecule has 2 nitrogen and oxygen atoms in total. The standard InChI is InChI=1S/C11H22O2/c1-4-5-8(2)11(12)10-7-6-9(3)13-10/h8-12H,4-7H2,1-3H3. The first-order chi connectivity index (χ1) is 6.15. The van der Waals surface area contributed by atoms with Gasteiger partial charge < -0.3 is 9.84 Å². The molecule has 0 radical (unpaired) electrons. The van der Waals surface area contributed by atoms with Gasteiger partial charge in [0.05, 0.1) is 18.3 Å². The van der Waals surface area contributed by atoms with Crippen LogP contribution in [0.4, 0.5) is 0 Å². The Kier molecular flexibility index (Phi) is 4.20. The summed E-state index contributed by atoms with van der Waals surface area (Å²) >= 11 is 0. The smallest absolute Gasteiger partial charge is 0.0841 e. The molecular formula is C11H22O2. The van der Waals surface area contributed by atoms with E-state index in [0.717, 1.165) is 25.7 Å². The highest BCUT2D eigenvalue weighted by molar-refractivity contribution is 4.80. The summed E-state index contributed by atoms with van der Waals surface area (Å²) in [4.78, 5) is 0. The average Bonchev–Trinajstić information content (AvgIpc) is 2.51. The summed E-state index contributed by atoms with van der Waals surface area (Å²) in [5.41, 5.74) is 0. The van der Waals surface area contributed by atoms with Crippen molar-refractivity contribution in [1.82, 2.24) is 0 Å². The Morgan fingerprint density at radius 2 is 2.15 bits per heavy atom. The lowest BCUT2D eigenvalue weighted by molar-refractivity contribution is -0.0514. The maximum Gasteiger partial charge on any atom is 0.0841 e. The van der Waals surface area contributed by atoms with Gasteiger partial charge in [-0.3, -0.25) is 0 Å². The van der Waals surface area contributed by atoms with E-state index in [4.69, 9.17) is 4.74 Å². The van der Waals surface area contributed by atoms with Crippen LogP contribution < -0.4 is 0 Å². The van der Waals surface area contributed by atoms with Crippen LogP contribution >= 0.6 is 0 Å². The van der Waals surface area contributed by atoms with Gasteiger partial charge in [0.2, 0.25) is 0 Å². The lowest BCUT2D eigenvalue weighted by atomic mass is 9.94. The van der Waals surface area contributed by atoms with E-state index in [1.165, 1.54) is 0 Å². The zero-order valence-electron chi connectivity index (χ0n) is 8.99. The Balaban J connectivity index is 2.33. The maximum absolute atomic E-state index is 9.94. The van der Waals surface area contributed by atoms with Crippen LogP contribution in [0.3, 0.4) is 0 Å². The summed E-state index contributed by atoms with van der Waals surface area (Å²) in [5, 5.41) is 9.94. The molecule has 1 rings (SSSR count). The monoisotopic (exact) mass is 186 g/mol. The number of aliphatic hydroxyl groups excluding tert-OH is 1. The van der Waals surface area contributed by atoms with Crippen molar-refractivity contribution >= 4 is 0 Å². The molecule has 4 unspecified atom stereocenters. The summed E-state index contributed by atoms with van der Waals surface area (Å²) in [7, 11) is 0. The number of rotatable bonds is 4. The van der Waals surface area contributed by atoms with Crippen molar-refractivity contribution in [2.75, 3.05) is 0 Å². The third-order valence-electron chi connectivity index (χ3n) is 2.97. The van der Waals surface area contributed by atoms with E-state index in [9.17, 15) is 5.11 Å². The quantitative estimate of drug-likeness (QED) is 0.730. The fourth-order valence-electron chi connectivity index (χ4n) is 2.08. The molecule has 0 aromatic rings. The predicted octanol–water partition coefficient (Wildman–Crippen LogP) is 2.35. The van der Waals surface area contributed by atoms with E-state index < -0.39 is 0 Å². The molecule has 2 heteroatoms. The molecule has 1 fully saturated rings. The third kappa shape index (κ3) is 2.96. The predicted molar refractivity (Wildman–Crippen MR) is 53.6 cm³/mol. The van der Waals surface area contributed by atoms with Crippen molar-refractivity contribution in [3.8, 4) is 0 Å². The second-order valence-electron chi connectivity index (χ2n) is 4.32. The van der Waals surface area contributed by atoms with Crippen molar-refractivity contribution < 1.29 is 9.84 Å². The van der Waals surface area contributed by atoms with E-state index >= 15 is 0 Å². The number of hydrogen-bond donors (Lipinski definition) is 1. The van der Waals surface area contributed by atoms with Crippen LogP contribution in [0.1, 0.15) is 46.5 Å². The van der Waals surface area contributed by atoms with Crippen molar-refractivity contribution in [2.45, 2.75) is 64.8 Å². The molecule has 0 bridgehead atoms. The van der Waals surface area contributed by atoms with Gasteiger partial charge in [-0.1, -0.05) is 20.3 Å². The molecule has 13 heavy (non-hydrogen) atoms. The molecule has 0 aromatic heterocycles. The van der Waals surface area contributed by atoms with Gasteiger partial charge in [0.25, 0.3) is 0 Å². The van der Waals surface area contributed by atoms with Gasteiger partial charge in [-0.25, -0.2) is 0 Å². The summed E-state index contributed by atoms with van der Waals surface area (Å²) in [6.45, 7) is 6.35. The molecule has 1 N–H and O–H groups in total. The van der Waals surface area contributed by atoms with Crippen molar-refractivity contribution in [2.24, 2.45) is 5.92 Å². The van der Waals surface area contributed by atoms with Gasteiger partial charge in [0, 0.05) is 0 Å². The Hall–Kier alpha value is -0.0800. The number of ether oxygens (including phenoxy) is 1. The summed E-state index contributed by atoms with van der Waals surface area (Å²) < 4.78 is 5.64. The highest BCUT2D eigenvalue weighted by Gasteiger charge is 2.30. The molecule has 0 spiro atoms. The fourth-order valence-corrected chi connectivity index (χ4v) is 2.08. The van der Waals surface area contributed by atoms with Crippen LogP contribution in [0, 0.1) is 5.92 Å². The minimum atomic E-state index is -0.259. The first-order valence-electron chi connectivity index (χ1n) is 5.48. The second kappa shape index (κ2) is 4.97. The molecule has 0 saturated carbocycles. The van der Waals surface area contributed by atoms with E-state index in [0.29, 0.717) is 12.0 Å². The fraction of sp³-hybridized carbons (Fsp3) is 1.00. The molecule has 1 aliphatic heterocycles. The SMILES string of the molecule is CCCC(C)C(O)C1CCC(C)O1. The Morgan fingerprint density at radius 1 is 1.46 bits per heavy atom. The van der Waals surface area contributed by atoms with Crippen molar-refractivity contribution in [3.63, 3.8) is 0 Å². The Labute approximate surface area is 81.3 Å². The molecule has 1 saturated heterocycles. The van der Waals surface area contributed by atoms with Crippen molar-refractivity contribution in [3.05, 3.63) is 0 Å². The van der Waals surface area contributed by atoms with Gasteiger partial charge in [-0.2, -0.15) is 0 Å². The molecule has 0 aliphatic carbocycles. The highest BCUT2D eigenvalue weighted by Crippen LogP contribution is 2.26. The second-order valence-corrected chi connectivity index (χ2v) is 4.32. The summed E-state index contributed by atoms with van der Waals surface area (Å²) in [6.07, 6.45) is 4.53. The van der Waals surface area contributed by atoms with E-state index in [2.05, 4.69) is 20.8 Å². The molecule has 0 amide bonds. The number of hydrogen-bond acceptors (Lipinski definition) is 2. The van der Waals surface area contributed by atoms with Crippen LogP contribution in [0.5, 0.6) is 0 Å². The van der Waals surface area contributed by atoms with Gasteiger partial charge >= 0.3 is 0 Å². The first kappa shape index (κ1) is 11.0. The van der Waals surface area contributed by atoms with Crippen LogP contribution in [0.2, 0.25) is 0 Å². The lowest BCUT2D eigenvalue weighted by Crippen LogP contribution is -2.32. The zero-order valence-corrected chi connectivity index (χ0v) is 8.99. The Morgan fingerprint density at radius 3 is 2.62 bits per heavy atom. The van der Waals surface area contributed by atoms with Crippen LogP contribution in [-0.4, -0.2) is 23.4 Å². The van der Waals surface area contributed by atoms with E-state index in [-0.39, 0.29) is 12.2 Å². The topological polar surface area (TPSA) is 29.5 Å². The third-order valence-corrected chi connectivity index (χ3v) is 2.97. The molecule has 78 valence electrons. The zero-order chi connectivity index (χ0) is 9.84. The summed E-state index contributed by atoms with van der Waals surface area (Å²) in [6, 6.07) is 0. The molecular weight excluding hydrogens is 164 g/mol. The van der Waals surface area contributed by atoms with Crippen LogP contribution in [0.25, 0.3) is 0 Å². The van der Waals surface area contributed by atoms with Gasteiger partial charge in [0.1, 0.15) is 0 Å². The van der Waals surface area contributed by atoms with Gasteiger partial charge in [-0.15, -0.1) is 0 Å². The first-order valence-corrected chi connectivity index (χ1v) is 5.48.